The largest absolute Gasteiger partial charge is 0.356 e. The van der Waals surface area contributed by atoms with E-state index in [9.17, 15) is 0 Å². The van der Waals surface area contributed by atoms with Gasteiger partial charge in [-0.05, 0) is 78.2 Å². The van der Waals surface area contributed by atoms with Crippen LogP contribution in [0.3, 0.4) is 0 Å². The lowest BCUT2D eigenvalue weighted by molar-refractivity contribution is 0.0559. The summed E-state index contributed by atoms with van der Waals surface area (Å²) in [5.41, 5.74) is 0. The van der Waals surface area contributed by atoms with Gasteiger partial charge in [0.05, 0.1) is 0 Å². The lowest BCUT2D eigenvalue weighted by atomic mass is 9.87. The van der Waals surface area contributed by atoms with Crippen LogP contribution in [0.2, 0.25) is 0 Å². The van der Waals surface area contributed by atoms with Gasteiger partial charge < -0.3 is 15.1 Å². The fraction of sp³-hybridized carbons (Fsp3) is 0.840. The third-order valence-electron chi connectivity index (χ3n) is 7.62. The molecule has 0 amide bonds. The Morgan fingerprint density at radius 1 is 0.935 bits per heavy atom. The third kappa shape index (κ3) is 6.32. The van der Waals surface area contributed by atoms with Crippen molar-refractivity contribution in [1.29, 1.82) is 0 Å². The van der Waals surface area contributed by atoms with Crippen LogP contribution in [0.15, 0.2) is 12.3 Å². The van der Waals surface area contributed by atoms with Crippen LogP contribution in [-0.4, -0.2) is 78.2 Å². The van der Waals surface area contributed by atoms with Gasteiger partial charge in [0.1, 0.15) is 5.82 Å². The van der Waals surface area contributed by atoms with Crippen LogP contribution >= 0.6 is 0 Å². The summed E-state index contributed by atoms with van der Waals surface area (Å²) in [4.78, 5) is 17.3. The van der Waals surface area contributed by atoms with Gasteiger partial charge in [0.2, 0.25) is 5.95 Å². The van der Waals surface area contributed by atoms with E-state index in [1.165, 1.54) is 83.6 Å². The minimum absolute atomic E-state index is 0.440. The minimum atomic E-state index is 0.440. The molecule has 0 aromatic carbocycles. The topological polar surface area (TPSA) is 47.5 Å². The molecule has 2 aliphatic heterocycles. The van der Waals surface area contributed by atoms with Crippen molar-refractivity contribution in [3.8, 4) is 0 Å². The summed E-state index contributed by atoms with van der Waals surface area (Å²) in [5, 5.41) is 3.81. The van der Waals surface area contributed by atoms with E-state index in [4.69, 9.17) is 4.98 Å². The molecule has 6 heteroatoms. The number of hydrogen-bond acceptors (Lipinski definition) is 6. The van der Waals surface area contributed by atoms with Crippen LogP contribution in [0.5, 0.6) is 0 Å². The molecule has 2 unspecified atom stereocenters. The maximum Gasteiger partial charge on any atom is 0.224 e. The maximum atomic E-state index is 4.97. The van der Waals surface area contributed by atoms with E-state index in [1.807, 2.05) is 6.20 Å². The van der Waals surface area contributed by atoms with Gasteiger partial charge in [-0.25, -0.2) is 4.98 Å². The second-order valence-corrected chi connectivity index (χ2v) is 10.2. The normalized spacial score (nSPS) is 26.7. The summed E-state index contributed by atoms with van der Waals surface area (Å²) in [6, 6.07) is 3.88. The Labute approximate surface area is 189 Å². The van der Waals surface area contributed by atoms with Gasteiger partial charge in [-0.1, -0.05) is 32.1 Å². The van der Waals surface area contributed by atoms with Crippen LogP contribution in [0.4, 0.5) is 11.8 Å². The lowest BCUT2D eigenvalue weighted by Gasteiger charge is -2.47. The fourth-order valence-electron chi connectivity index (χ4n) is 5.94. The summed E-state index contributed by atoms with van der Waals surface area (Å²) in [5.74, 6) is 1.93. The van der Waals surface area contributed by atoms with Crippen LogP contribution in [0.25, 0.3) is 0 Å². The molecule has 3 heterocycles. The van der Waals surface area contributed by atoms with Gasteiger partial charge in [0, 0.05) is 37.4 Å². The molecule has 174 valence electrons. The Morgan fingerprint density at radius 2 is 1.68 bits per heavy atom. The molecule has 0 radical (unpaired) electrons. The van der Waals surface area contributed by atoms with Gasteiger partial charge in [-0.3, -0.25) is 4.90 Å². The minimum Gasteiger partial charge on any atom is -0.356 e. The highest BCUT2D eigenvalue weighted by Gasteiger charge is 2.36. The number of hydrogen-bond donors (Lipinski definition) is 1. The molecule has 31 heavy (non-hydrogen) atoms. The molecule has 1 N–H and O–H groups in total. The number of rotatable bonds is 7. The van der Waals surface area contributed by atoms with E-state index >= 15 is 0 Å². The molecule has 3 aliphatic rings. The van der Waals surface area contributed by atoms with E-state index in [0.717, 1.165) is 37.4 Å². The first-order valence-corrected chi connectivity index (χ1v) is 13.0. The van der Waals surface area contributed by atoms with Crippen molar-refractivity contribution in [2.45, 2.75) is 95.2 Å². The van der Waals surface area contributed by atoms with Crippen molar-refractivity contribution < 1.29 is 0 Å². The zero-order valence-electron chi connectivity index (χ0n) is 19.9. The molecule has 0 spiro atoms. The molecular formula is C25H44N6. The molecular weight excluding hydrogens is 384 g/mol. The second-order valence-electron chi connectivity index (χ2n) is 10.2. The van der Waals surface area contributed by atoms with Gasteiger partial charge >= 0.3 is 0 Å². The number of likely N-dealkylation sites (tertiary alicyclic amines) is 1. The Bertz CT molecular complexity index is 651. The van der Waals surface area contributed by atoms with Crippen molar-refractivity contribution in [1.82, 2.24) is 19.8 Å². The Hall–Kier alpha value is -1.40. The molecule has 2 saturated heterocycles. The van der Waals surface area contributed by atoms with Gasteiger partial charge in [-0.15, -0.1) is 0 Å². The molecule has 6 nitrogen and oxygen atoms in total. The van der Waals surface area contributed by atoms with Crippen molar-refractivity contribution in [2.24, 2.45) is 0 Å². The van der Waals surface area contributed by atoms with Crippen LogP contribution in [0.1, 0.15) is 77.0 Å². The van der Waals surface area contributed by atoms with Crippen LogP contribution in [-0.2, 0) is 0 Å². The number of nitrogens with zero attached hydrogens (tertiary/aromatic N) is 5. The predicted molar refractivity (Wildman–Crippen MR) is 130 cm³/mol. The number of aromatic nitrogens is 2. The molecule has 1 aromatic heterocycles. The zero-order chi connectivity index (χ0) is 21.5. The first-order chi connectivity index (χ1) is 15.2. The molecule has 1 aliphatic carbocycles. The lowest BCUT2D eigenvalue weighted by Crippen LogP contribution is -2.56. The summed E-state index contributed by atoms with van der Waals surface area (Å²) in [7, 11) is 4.40. The van der Waals surface area contributed by atoms with Crippen molar-refractivity contribution in [3.63, 3.8) is 0 Å². The molecule has 2 atom stereocenters. The standard InChI is InChI=1S/C25H44N6/c1-29(2)20-15-23-22(13-10-19-31(23)21-11-6-5-7-12-21)27-25-26-16-14-24(28-25)30-17-8-3-4-9-18-30/h14,16,21-23H,3-13,15,17-20H2,1-2H3,(H,26,27,28). The smallest absolute Gasteiger partial charge is 0.224 e. The summed E-state index contributed by atoms with van der Waals surface area (Å²) in [6.45, 7) is 4.65. The number of nitrogens with one attached hydrogen (secondary N) is 1. The molecule has 3 fully saturated rings. The predicted octanol–water partition coefficient (Wildman–Crippen LogP) is 4.39. The number of anilines is 2. The maximum absolute atomic E-state index is 4.97. The first-order valence-electron chi connectivity index (χ1n) is 13.0. The highest BCUT2D eigenvalue weighted by Crippen LogP contribution is 2.31. The summed E-state index contributed by atoms with van der Waals surface area (Å²) < 4.78 is 0. The average molecular weight is 429 g/mol. The Kier molecular flexibility index (Phi) is 8.42. The molecule has 4 rings (SSSR count). The van der Waals surface area contributed by atoms with E-state index in [1.54, 1.807) is 0 Å². The SMILES string of the molecule is CN(C)CCC1C(Nc2nccc(N3CCCCCC3)n2)CCCN1C1CCCCC1. The summed E-state index contributed by atoms with van der Waals surface area (Å²) >= 11 is 0. The fourth-order valence-corrected chi connectivity index (χ4v) is 5.94. The quantitative estimate of drug-likeness (QED) is 0.695. The monoisotopic (exact) mass is 428 g/mol. The Morgan fingerprint density at radius 3 is 2.42 bits per heavy atom. The van der Waals surface area contributed by atoms with E-state index in [2.05, 4.69) is 45.2 Å². The highest BCUT2D eigenvalue weighted by molar-refractivity contribution is 5.43. The van der Waals surface area contributed by atoms with E-state index in [0.29, 0.717) is 12.1 Å². The second kappa shape index (κ2) is 11.5. The van der Waals surface area contributed by atoms with Crippen LogP contribution < -0.4 is 10.2 Å². The molecule has 1 saturated carbocycles. The highest BCUT2D eigenvalue weighted by atomic mass is 15.3. The van der Waals surface area contributed by atoms with E-state index < -0.39 is 0 Å². The van der Waals surface area contributed by atoms with Gasteiger partial charge in [0.15, 0.2) is 0 Å². The zero-order valence-corrected chi connectivity index (χ0v) is 19.9. The number of piperidine rings is 1. The van der Waals surface area contributed by atoms with Crippen molar-refractivity contribution >= 4 is 11.8 Å². The van der Waals surface area contributed by atoms with Crippen molar-refractivity contribution in [3.05, 3.63) is 12.3 Å². The van der Waals surface area contributed by atoms with Crippen LogP contribution in [0, 0.1) is 0 Å². The third-order valence-corrected chi connectivity index (χ3v) is 7.62. The van der Waals surface area contributed by atoms with Gasteiger partial charge in [0.25, 0.3) is 0 Å². The first kappa shape index (κ1) is 22.8. The van der Waals surface area contributed by atoms with Gasteiger partial charge in [-0.2, -0.15) is 4.98 Å². The molecule has 0 bridgehead atoms. The Balaban J connectivity index is 1.47. The van der Waals surface area contributed by atoms with E-state index in [-0.39, 0.29) is 0 Å². The van der Waals surface area contributed by atoms with Crippen molar-refractivity contribution in [2.75, 3.05) is 50.5 Å². The average Bonchev–Trinajstić information content (AvgIpc) is 3.08. The summed E-state index contributed by atoms with van der Waals surface area (Å²) in [6.07, 6.45) is 17.9. The molecule has 1 aromatic rings.